The van der Waals surface area contributed by atoms with Crippen LogP contribution in [0, 0.1) is 34.0 Å². The molecule has 10 heteroatoms. The van der Waals surface area contributed by atoms with Gasteiger partial charge in [0, 0.05) is 39.5 Å². The number of Topliss-reactive ketones (excluding diaryl/α,β-unsaturated/α-hetero) is 1. The third kappa shape index (κ3) is 3.37. The fourth-order valence-electron chi connectivity index (χ4n) is 9.04. The van der Waals surface area contributed by atoms with Gasteiger partial charge in [0.1, 0.15) is 23.7 Å². The number of hydrogen-bond acceptors (Lipinski definition) is 10. The van der Waals surface area contributed by atoms with Crippen LogP contribution in [0.1, 0.15) is 67.2 Å². The van der Waals surface area contributed by atoms with Gasteiger partial charge in [-0.25, -0.2) is 0 Å². The normalized spacial score (nSPS) is 43.9. The minimum absolute atomic E-state index is 0.190. The van der Waals surface area contributed by atoms with Crippen molar-refractivity contribution in [3.63, 3.8) is 0 Å². The Morgan fingerprint density at radius 3 is 2.08 bits per heavy atom. The summed E-state index contributed by atoms with van der Waals surface area (Å²) in [5.74, 6) is -4.14. The Labute approximate surface area is 221 Å². The fraction of sp³-hybridized carbons (Fsp3) is 0.750. The monoisotopic (exact) mass is 532 g/mol. The van der Waals surface area contributed by atoms with Crippen LogP contribution in [0.3, 0.4) is 0 Å². The highest BCUT2D eigenvalue weighted by Gasteiger charge is 2.86. The van der Waals surface area contributed by atoms with Crippen LogP contribution in [0.2, 0.25) is 0 Å². The average Bonchev–Trinajstić information content (AvgIpc) is 2.90. The van der Waals surface area contributed by atoms with Gasteiger partial charge in [-0.05, 0) is 42.6 Å². The summed E-state index contributed by atoms with van der Waals surface area (Å²) in [6, 6.07) is 0. The van der Waals surface area contributed by atoms with Crippen molar-refractivity contribution in [1.29, 1.82) is 0 Å². The van der Waals surface area contributed by atoms with E-state index in [1.54, 1.807) is 0 Å². The van der Waals surface area contributed by atoms with Crippen LogP contribution >= 0.6 is 0 Å². The summed E-state index contributed by atoms with van der Waals surface area (Å²) in [7, 11) is 0. The van der Waals surface area contributed by atoms with Crippen molar-refractivity contribution in [3.05, 3.63) is 12.2 Å². The summed E-state index contributed by atoms with van der Waals surface area (Å²) in [5.41, 5.74) is -2.73. The Balaban J connectivity index is 1.83. The highest BCUT2D eigenvalue weighted by Crippen LogP contribution is 2.76. The van der Waals surface area contributed by atoms with Crippen molar-refractivity contribution in [2.75, 3.05) is 0 Å². The molecule has 0 aromatic rings. The molecule has 2 saturated heterocycles. The topological polar surface area (TPSA) is 132 Å². The van der Waals surface area contributed by atoms with Gasteiger partial charge in [-0.2, -0.15) is 0 Å². The molecule has 0 aromatic carbocycles. The molecular formula is C28H36O10. The number of ether oxygens (including phenoxy) is 5. The molecule has 2 aliphatic heterocycles. The van der Waals surface area contributed by atoms with Crippen LogP contribution in [0.25, 0.3) is 0 Å². The van der Waals surface area contributed by atoms with Gasteiger partial charge in [0.2, 0.25) is 6.29 Å². The Morgan fingerprint density at radius 2 is 1.50 bits per heavy atom. The Morgan fingerprint density at radius 1 is 0.895 bits per heavy atom. The second-order valence-corrected chi connectivity index (χ2v) is 12.3. The minimum atomic E-state index is -1.44. The first-order valence-corrected chi connectivity index (χ1v) is 13.3. The summed E-state index contributed by atoms with van der Waals surface area (Å²) in [6.45, 7) is 13.4. The zero-order valence-corrected chi connectivity index (χ0v) is 22.7. The fourth-order valence-corrected chi connectivity index (χ4v) is 9.04. The average molecular weight is 533 g/mol. The van der Waals surface area contributed by atoms with E-state index in [0.29, 0.717) is 24.8 Å². The summed E-state index contributed by atoms with van der Waals surface area (Å²) in [6.07, 6.45) is -2.79. The highest BCUT2D eigenvalue weighted by molar-refractivity contribution is 6.05. The maximum atomic E-state index is 14.3. The van der Waals surface area contributed by atoms with Crippen molar-refractivity contribution in [2.45, 2.75) is 97.9 Å². The van der Waals surface area contributed by atoms with E-state index in [9.17, 15) is 24.0 Å². The molecule has 4 saturated carbocycles. The molecule has 208 valence electrons. The molecule has 6 fully saturated rings. The van der Waals surface area contributed by atoms with Gasteiger partial charge in [0.05, 0.1) is 11.5 Å². The summed E-state index contributed by atoms with van der Waals surface area (Å²) in [5, 5.41) is 0. The summed E-state index contributed by atoms with van der Waals surface area (Å²) in [4.78, 5) is 64.0. The second kappa shape index (κ2) is 8.63. The number of carbonyl (C=O) groups excluding carboxylic acids is 5. The molecule has 6 aliphatic rings. The molecule has 0 aromatic heterocycles. The Kier molecular flexibility index (Phi) is 6.09. The maximum absolute atomic E-state index is 14.3. The molecule has 1 unspecified atom stereocenters. The van der Waals surface area contributed by atoms with Crippen molar-refractivity contribution >= 4 is 29.7 Å². The summed E-state index contributed by atoms with van der Waals surface area (Å²) < 4.78 is 30.2. The van der Waals surface area contributed by atoms with Crippen molar-refractivity contribution in [3.8, 4) is 0 Å². The molecule has 0 amide bonds. The van der Waals surface area contributed by atoms with Crippen LogP contribution in [0.15, 0.2) is 12.2 Å². The predicted octanol–water partition coefficient (Wildman–Crippen LogP) is 2.66. The van der Waals surface area contributed by atoms with Gasteiger partial charge in [-0.1, -0.05) is 20.4 Å². The van der Waals surface area contributed by atoms with Crippen LogP contribution < -0.4 is 0 Å². The van der Waals surface area contributed by atoms with Crippen molar-refractivity contribution < 1.29 is 47.7 Å². The number of rotatable bonds is 4. The second-order valence-electron chi connectivity index (χ2n) is 12.3. The molecule has 38 heavy (non-hydrogen) atoms. The molecule has 4 bridgehead atoms. The zero-order valence-electron chi connectivity index (χ0n) is 22.7. The van der Waals surface area contributed by atoms with Gasteiger partial charge in [-0.3, -0.25) is 24.0 Å². The smallest absolute Gasteiger partial charge is 0.304 e. The lowest BCUT2D eigenvalue weighted by Gasteiger charge is -2.73. The van der Waals surface area contributed by atoms with Crippen LogP contribution in [0.4, 0.5) is 0 Å². The lowest BCUT2D eigenvalue weighted by molar-refractivity contribution is -0.410. The van der Waals surface area contributed by atoms with Gasteiger partial charge < -0.3 is 23.7 Å². The molecule has 4 aliphatic carbocycles. The summed E-state index contributed by atoms with van der Waals surface area (Å²) >= 11 is 0. The van der Waals surface area contributed by atoms with Crippen LogP contribution in [-0.4, -0.2) is 60.4 Å². The molecule has 0 radical (unpaired) electrons. The van der Waals surface area contributed by atoms with E-state index in [-0.39, 0.29) is 23.5 Å². The SMILES string of the molecule is C=C1C(=O)C23[C@@H]4C[C@@H]5C(C)(C)CC[C@@H](OC(C)=O)[C@@]5([C@H](OC(C)=O)O4)[C@@H]2[C@@H](OC(C)=O)C[C@@H]1[C@H]3OC(C)=O. The van der Waals surface area contributed by atoms with Crippen molar-refractivity contribution in [1.82, 2.24) is 0 Å². The number of ketones is 1. The molecular weight excluding hydrogens is 496 g/mol. The van der Waals surface area contributed by atoms with Crippen molar-refractivity contribution in [2.24, 2.45) is 34.0 Å². The van der Waals surface area contributed by atoms with E-state index in [1.165, 1.54) is 27.7 Å². The minimum Gasteiger partial charge on any atom is -0.462 e. The zero-order chi connectivity index (χ0) is 27.9. The first kappa shape index (κ1) is 26.8. The standard InChI is InChI=1S/C28H36O10/c1-12-17-10-18(34-13(2)29)22-27-19(26(6,7)9-8-20(27)35-14(3)30)11-21(38-25(27)37-16(5)32)28(22,23(12)33)24(17)36-15(4)31/h17-22,24-25H,1,8-11H2,2-7H3/t17-,18-,19+,20+,21-,22-,24+,25+,27+,28?/m0/s1. The largest absolute Gasteiger partial charge is 0.462 e. The number of fused-ring (bicyclic) bond motifs is 2. The van der Waals surface area contributed by atoms with E-state index in [1.807, 2.05) is 0 Å². The molecule has 6 rings (SSSR count). The lowest BCUT2D eigenvalue weighted by Crippen LogP contribution is -2.81. The number of hydrogen-bond donors (Lipinski definition) is 0. The molecule has 2 heterocycles. The predicted molar refractivity (Wildman–Crippen MR) is 129 cm³/mol. The van der Waals surface area contributed by atoms with Crippen LogP contribution in [-0.2, 0) is 47.7 Å². The molecule has 10 nitrogen and oxygen atoms in total. The maximum Gasteiger partial charge on any atom is 0.304 e. The van der Waals surface area contributed by atoms with Gasteiger partial charge in [0.25, 0.3) is 0 Å². The van der Waals surface area contributed by atoms with Gasteiger partial charge >= 0.3 is 23.9 Å². The first-order chi connectivity index (χ1) is 17.7. The third-order valence-corrected chi connectivity index (χ3v) is 9.91. The Hall–Kier alpha value is -2.75. The van der Waals surface area contributed by atoms with Gasteiger partial charge in [0.15, 0.2) is 5.78 Å². The van der Waals surface area contributed by atoms with E-state index in [4.69, 9.17) is 23.7 Å². The van der Waals surface area contributed by atoms with E-state index >= 15 is 0 Å². The van der Waals surface area contributed by atoms with Crippen LogP contribution in [0.5, 0.6) is 0 Å². The molecule has 2 spiro atoms. The third-order valence-electron chi connectivity index (χ3n) is 9.91. The quantitative estimate of drug-likeness (QED) is 0.302. The molecule has 0 N–H and O–H groups in total. The van der Waals surface area contributed by atoms with E-state index < -0.39 is 77.2 Å². The van der Waals surface area contributed by atoms with Gasteiger partial charge in [-0.15, -0.1) is 0 Å². The lowest BCUT2D eigenvalue weighted by atomic mass is 9.36. The van der Waals surface area contributed by atoms with E-state index in [2.05, 4.69) is 20.4 Å². The number of esters is 4. The Bertz CT molecular complexity index is 1100. The number of carbonyl (C=O) groups is 5. The highest BCUT2D eigenvalue weighted by atomic mass is 16.7. The molecule has 10 atom stereocenters. The first-order valence-electron chi connectivity index (χ1n) is 13.3. The van der Waals surface area contributed by atoms with E-state index in [0.717, 1.165) is 0 Å².